The topological polar surface area (TPSA) is 102 Å². The van der Waals surface area contributed by atoms with Crippen molar-refractivity contribution >= 4 is 28.3 Å². The third-order valence-electron chi connectivity index (χ3n) is 5.55. The predicted octanol–water partition coefficient (Wildman–Crippen LogP) is 4.37. The molecule has 3 heterocycles. The summed E-state index contributed by atoms with van der Waals surface area (Å²) in [5, 5.41) is 11.9. The molecular weight excluding hydrogens is 432 g/mol. The van der Waals surface area contributed by atoms with Crippen molar-refractivity contribution in [2.75, 3.05) is 6.54 Å². The van der Waals surface area contributed by atoms with Crippen molar-refractivity contribution in [2.45, 2.75) is 19.5 Å². The first-order valence-electron chi connectivity index (χ1n) is 10.00. The highest BCUT2D eigenvalue weighted by atomic mass is 35.5. The van der Waals surface area contributed by atoms with Crippen molar-refractivity contribution in [1.82, 2.24) is 14.9 Å². The molecule has 0 saturated heterocycles. The summed E-state index contributed by atoms with van der Waals surface area (Å²) < 4.78 is 5.56. The van der Waals surface area contributed by atoms with E-state index >= 15 is 0 Å². The molecule has 0 saturated carbocycles. The van der Waals surface area contributed by atoms with Crippen LogP contribution in [0.15, 0.2) is 64.1 Å². The highest BCUT2D eigenvalue weighted by Crippen LogP contribution is 2.24. The summed E-state index contributed by atoms with van der Waals surface area (Å²) in [7, 11) is 0. The molecule has 8 nitrogen and oxygen atoms in total. The quantitative estimate of drug-likeness (QED) is 0.337. The Bertz CT molecular complexity index is 1400. The largest absolute Gasteiger partial charge is 0.464 e. The molecule has 0 radical (unpaired) electrons. The van der Waals surface area contributed by atoms with Gasteiger partial charge in [-0.25, -0.2) is 9.97 Å². The maximum Gasteiger partial charge on any atom is 0.270 e. The zero-order valence-electron chi connectivity index (χ0n) is 16.8. The normalized spacial score (nSPS) is 13.8. The fourth-order valence-electron chi connectivity index (χ4n) is 3.87. The molecule has 5 rings (SSSR count). The van der Waals surface area contributed by atoms with E-state index in [9.17, 15) is 14.9 Å². The molecule has 0 unspecified atom stereocenters. The van der Waals surface area contributed by atoms with Crippen LogP contribution in [0.5, 0.6) is 0 Å². The summed E-state index contributed by atoms with van der Waals surface area (Å²) in [6.45, 7) is 1.69. The average Bonchev–Trinajstić information content (AvgIpc) is 2.81. The molecule has 0 aliphatic carbocycles. The van der Waals surface area contributed by atoms with Crippen LogP contribution >= 0.6 is 11.6 Å². The number of nitrogens with zero attached hydrogens (tertiary/aromatic N) is 4. The van der Waals surface area contributed by atoms with E-state index in [1.807, 2.05) is 30.5 Å². The van der Waals surface area contributed by atoms with Gasteiger partial charge in [-0.05, 0) is 30.3 Å². The molecule has 0 bridgehead atoms. The number of rotatable bonds is 4. The minimum Gasteiger partial charge on any atom is -0.464 e. The number of fused-ring (bicyclic) bond motifs is 2. The lowest BCUT2D eigenvalue weighted by Gasteiger charge is -2.27. The maximum atomic E-state index is 12.9. The zero-order chi connectivity index (χ0) is 22.2. The second-order valence-corrected chi connectivity index (χ2v) is 8.10. The molecule has 0 amide bonds. The molecule has 0 fully saturated rings. The summed E-state index contributed by atoms with van der Waals surface area (Å²) >= 11 is 5.96. The fraction of sp³-hybridized carbons (Fsp3) is 0.174. The van der Waals surface area contributed by atoms with Gasteiger partial charge >= 0.3 is 0 Å². The van der Waals surface area contributed by atoms with Crippen LogP contribution in [0, 0.1) is 10.1 Å². The molecule has 2 aromatic carbocycles. The SMILES string of the molecule is O=c1c(CN2CCc3nc(-c4ccc(Cl)cc4)ncc3C2)coc2ccc([N+](=O)[O-])cc12. The Hall–Kier alpha value is -3.62. The maximum absolute atomic E-state index is 12.9. The van der Waals surface area contributed by atoms with Gasteiger partial charge in [-0.1, -0.05) is 11.6 Å². The number of aromatic nitrogens is 2. The Kier molecular flexibility index (Phi) is 5.16. The van der Waals surface area contributed by atoms with Crippen molar-refractivity contribution in [3.63, 3.8) is 0 Å². The minimum absolute atomic E-state index is 0.137. The molecule has 9 heteroatoms. The van der Waals surface area contributed by atoms with Gasteiger partial charge in [-0.2, -0.15) is 0 Å². The van der Waals surface area contributed by atoms with Crippen molar-refractivity contribution in [3.05, 3.63) is 97.1 Å². The second kappa shape index (κ2) is 8.14. The predicted molar refractivity (Wildman–Crippen MR) is 119 cm³/mol. The molecule has 0 N–H and O–H groups in total. The fourth-order valence-corrected chi connectivity index (χ4v) is 4.00. The molecule has 1 aliphatic heterocycles. The number of hydrogen-bond donors (Lipinski definition) is 0. The van der Waals surface area contributed by atoms with E-state index in [0.717, 1.165) is 29.8 Å². The first-order valence-corrected chi connectivity index (χ1v) is 10.4. The number of hydrogen-bond acceptors (Lipinski definition) is 7. The number of benzene rings is 2. The monoisotopic (exact) mass is 448 g/mol. The highest BCUT2D eigenvalue weighted by Gasteiger charge is 2.21. The summed E-state index contributed by atoms with van der Waals surface area (Å²) in [6, 6.07) is 11.4. The van der Waals surface area contributed by atoms with Crippen LogP contribution in [0.4, 0.5) is 5.69 Å². The van der Waals surface area contributed by atoms with E-state index < -0.39 is 4.92 Å². The van der Waals surface area contributed by atoms with Crippen LogP contribution in [0.1, 0.15) is 16.8 Å². The summed E-state index contributed by atoms with van der Waals surface area (Å²) in [5.74, 6) is 0.658. The Balaban J connectivity index is 1.38. The molecule has 4 aromatic rings. The van der Waals surface area contributed by atoms with Gasteiger partial charge in [0.1, 0.15) is 5.58 Å². The van der Waals surface area contributed by atoms with Gasteiger partial charge < -0.3 is 4.42 Å². The van der Waals surface area contributed by atoms with Crippen molar-refractivity contribution < 1.29 is 9.34 Å². The molecule has 32 heavy (non-hydrogen) atoms. The third-order valence-corrected chi connectivity index (χ3v) is 5.80. The minimum atomic E-state index is -0.522. The van der Waals surface area contributed by atoms with Gasteiger partial charge in [0.25, 0.3) is 5.69 Å². The molecule has 2 aromatic heterocycles. The van der Waals surface area contributed by atoms with Crippen LogP contribution in [0.2, 0.25) is 5.02 Å². The van der Waals surface area contributed by atoms with E-state index in [1.165, 1.54) is 24.5 Å². The standard InChI is InChI=1S/C23H17ClN4O4/c24-17-3-1-14(2-4-17)23-25-10-15-11-27(8-7-20(15)26-23)12-16-13-32-21-6-5-18(28(30)31)9-19(21)22(16)29/h1-6,9-10,13H,7-8,11-12H2. The Morgan fingerprint density at radius 1 is 1.19 bits per heavy atom. The van der Waals surface area contributed by atoms with Crippen LogP contribution in [-0.2, 0) is 19.5 Å². The second-order valence-electron chi connectivity index (χ2n) is 7.66. The van der Waals surface area contributed by atoms with E-state index in [0.29, 0.717) is 35.1 Å². The first kappa shape index (κ1) is 20.3. The summed E-state index contributed by atoms with van der Waals surface area (Å²) in [5.41, 5.74) is 3.30. The van der Waals surface area contributed by atoms with E-state index in [-0.39, 0.29) is 16.5 Å². The van der Waals surface area contributed by atoms with Crippen LogP contribution in [0.25, 0.3) is 22.4 Å². The van der Waals surface area contributed by atoms with Gasteiger partial charge in [0.15, 0.2) is 11.3 Å². The average molecular weight is 449 g/mol. The third kappa shape index (κ3) is 3.86. The van der Waals surface area contributed by atoms with Gasteiger partial charge in [0, 0.05) is 66.1 Å². The zero-order valence-corrected chi connectivity index (χ0v) is 17.6. The Morgan fingerprint density at radius 3 is 2.78 bits per heavy atom. The molecular formula is C23H17ClN4O4. The number of nitro benzene ring substituents is 1. The highest BCUT2D eigenvalue weighted by molar-refractivity contribution is 6.30. The van der Waals surface area contributed by atoms with Crippen LogP contribution in [0.3, 0.4) is 0 Å². The summed E-state index contributed by atoms with van der Waals surface area (Å²) in [4.78, 5) is 34.8. The smallest absolute Gasteiger partial charge is 0.270 e. The van der Waals surface area contributed by atoms with Crippen molar-refractivity contribution in [1.29, 1.82) is 0 Å². The van der Waals surface area contributed by atoms with Gasteiger partial charge in [-0.15, -0.1) is 0 Å². The van der Waals surface area contributed by atoms with Gasteiger partial charge in [-0.3, -0.25) is 19.8 Å². The molecule has 1 aliphatic rings. The van der Waals surface area contributed by atoms with Crippen LogP contribution < -0.4 is 5.43 Å². The number of nitro groups is 1. The lowest BCUT2D eigenvalue weighted by molar-refractivity contribution is -0.384. The van der Waals surface area contributed by atoms with E-state index in [4.69, 9.17) is 21.0 Å². The number of non-ortho nitro benzene ring substituents is 1. The van der Waals surface area contributed by atoms with Gasteiger partial charge in [0.05, 0.1) is 22.3 Å². The van der Waals surface area contributed by atoms with E-state index in [2.05, 4.69) is 9.88 Å². The molecule has 0 spiro atoms. The van der Waals surface area contributed by atoms with Gasteiger partial charge in [0.2, 0.25) is 0 Å². The lowest BCUT2D eigenvalue weighted by Crippen LogP contribution is -2.32. The first-order chi connectivity index (χ1) is 15.5. The molecule has 160 valence electrons. The summed E-state index contributed by atoms with van der Waals surface area (Å²) in [6.07, 6.45) is 3.99. The molecule has 0 atom stereocenters. The Labute approximate surface area is 187 Å². The number of halogens is 1. The van der Waals surface area contributed by atoms with Crippen LogP contribution in [-0.4, -0.2) is 26.3 Å². The Morgan fingerprint density at radius 2 is 2.00 bits per heavy atom. The lowest BCUT2D eigenvalue weighted by atomic mass is 10.1. The van der Waals surface area contributed by atoms with Crippen molar-refractivity contribution in [3.8, 4) is 11.4 Å². The van der Waals surface area contributed by atoms with Crippen molar-refractivity contribution in [2.24, 2.45) is 0 Å². The van der Waals surface area contributed by atoms with E-state index in [1.54, 1.807) is 0 Å².